The average Bonchev–Trinajstić information content (AvgIpc) is 3.28. The van der Waals surface area contributed by atoms with Crippen LogP contribution in [0.5, 0.6) is 0 Å². The topological polar surface area (TPSA) is 76.2 Å². The van der Waals surface area contributed by atoms with Gasteiger partial charge in [0.15, 0.2) is 0 Å². The van der Waals surface area contributed by atoms with Crippen LogP contribution in [-0.2, 0) is 15.9 Å². The van der Waals surface area contributed by atoms with Gasteiger partial charge in [-0.25, -0.2) is 4.79 Å². The van der Waals surface area contributed by atoms with Crippen LogP contribution in [0.4, 0.5) is 10.5 Å². The Bertz CT molecular complexity index is 995. The van der Waals surface area contributed by atoms with Crippen LogP contribution in [0.25, 0.3) is 22.5 Å². The highest BCUT2D eigenvalue weighted by molar-refractivity contribution is 5.86. The Balaban J connectivity index is 1.39. The summed E-state index contributed by atoms with van der Waals surface area (Å²) in [6.45, 7) is 4.91. The highest BCUT2D eigenvalue weighted by atomic mass is 16.6. The number of H-pyrrole nitrogens is 1. The molecule has 1 aromatic heterocycles. The molecule has 1 heterocycles. The number of nitrogens with zero attached hydrogens (tertiary/aromatic N) is 1. The summed E-state index contributed by atoms with van der Waals surface area (Å²) in [4.78, 5) is 12.0. The quantitative estimate of drug-likeness (QED) is 0.434. The van der Waals surface area contributed by atoms with Crippen LogP contribution >= 0.6 is 0 Å². The SMILES string of the molecule is CCCOCC(C)OC(=O)Nc1ccc(-c2n[nH]c3c2Cc2ccccc2-3)cc1. The molecule has 2 aromatic carbocycles. The van der Waals surface area contributed by atoms with Gasteiger partial charge in [-0.3, -0.25) is 10.4 Å². The third-order valence-corrected chi connectivity index (χ3v) is 4.94. The van der Waals surface area contributed by atoms with E-state index in [1.165, 1.54) is 16.7 Å². The van der Waals surface area contributed by atoms with Crippen LogP contribution < -0.4 is 5.32 Å². The second-order valence-electron chi connectivity index (χ2n) is 7.25. The number of amides is 1. The minimum atomic E-state index is -0.485. The number of hydrogen-bond donors (Lipinski definition) is 2. The molecule has 0 radical (unpaired) electrons. The first-order valence-corrected chi connectivity index (χ1v) is 9.97. The molecule has 0 fully saturated rings. The Morgan fingerprint density at radius 2 is 2.00 bits per heavy atom. The first-order valence-electron chi connectivity index (χ1n) is 9.97. The smallest absolute Gasteiger partial charge is 0.411 e. The lowest BCUT2D eigenvalue weighted by Crippen LogP contribution is -2.24. The van der Waals surface area contributed by atoms with Crippen molar-refractivity contribution in [2.45, 2.75) is 32.8 Å². The summed E-state index contributed by atoms with van der Waals surface area (Å²) in [6, 6.07) is 16.0. The predicted octanol–water partition coefficient (Wildman–Crippen LogP) is 5.01. The van der Waals surface area contributed by atoms with E-state index in [0.29, 0.717) is 18.9 Å². The van der Waals surface area contributed by atoms with Crippen molar-refractivity contribution in [1.29, 1.82) is 0 Å². The molecule has 6 heteroatoms. The Labute approximate surface area is 170 Å². The fourth-order valence-corrected chi connectivity index (χ4v) is 3.58. The van der Waals surface area contributed by atoms with E-state index in [0.717, 1.165) is 29.8 Å². The molecule has 3 aromatic rings. The van der Waals surface area contributed by atoms with E-state index in [9.17, 15) is 4.79 Å². The maximum absolute atomic E-state index is 12.0. The van der Waals surface area contributed by atoms with Gasteiger partial charge in [0.05, 0.1) is 18.0 Å². The summed E-state index contributed by atoms with van der Waals surface area (Å²) in [5.74, 6) is 0. The monoisotopic (exact) mass is 391 g/mol. The van der Waals surface area contributed by atoms with Crippen LogP contribution in [-0.4, -0.2) is 35.6 Å². The molecule has 1 amide bonds. The van der Waals surface area contributed by atoms with Gasteiger partial charge in [0.25, 0.3) is 0 Å². The van der Waals surface area contributed by atoms with Crippen LogP contribution in [0.2, 0.25) is 0 Å². The standard InChI is InChI=1S/C23H25N3O3/c1-3-12-28-14-15(2)29-23(27)24-18-10-8-16(9-11-18)21-20-13-17-6-4-5-7-19(17)22(20)26-25-21/h4-11,15H,3,12-14H2,1-2H3,(H,24,27)(H,25,26). The van der Waals surface area contributed by atoms with E-state index in [1.807, 2.05) is 44.2 Å². The lowest BCUT2D eigenvalue weighted by molar-refractivity contribution is 0.0342. The Hall–Kier alpha value is -3.12. The van der Waals surface area contributed by atoms with Gasteiger partial charge in [-0.15, -0.1) is 0 Å². The number of fused-ring (bicyclic) bond motifs is 3. The average molecular weight is 391 g/mol. The Morgan fingerprint density at radius 1 is 1.21 bits per heavy atom. The van der Waals surface area contributed by atoms with Crippen LogP contribution in [0.1, 0.15) is 31.4 Å². The fourth-order valence-electron chi connectivity index (χ4n) is 3.58. The van der Waals surface area contributed by atoms with Crippen molar-refractivity contribution in [3.8, 4) is 22.5 Å². The van der Waals surface area contributed by atoms with Gasteiger partial charge in [-0.05, 0) is 31.0 Å². The lowest BCUT2D eigenvalue weighted by Gasteiger charge is -2.14. The molecule has 1 unspecified atom stereocenters. The minimum Gasteiger partial charge on any atom is -0.444 e. The summed E-state index contributed by atoms with van der Waals surface area (Å²) in [5.41, 5.74) is 7.49. The van der Waals surface area contributed by atoms with E-state index < -0.39 is 6.09 Å². The summed E-state index contributed by atoms with van der Waals surface area (Å²) in [7, 11) is 0. The first kappa shape index (κ1) is 19.2. The van der Waals surface area contributed by atoms with Gasteiger partial charge < -0.3 is 9.47 Å². The van der Waals surface area contributed by atoms with Crippen LogP contribution in [0.3, 0.4) is 0 Å². The summed E-state index contributed by atoms with van der Waals surface area (Å²) in [5, 5.41) is 10.5. The minimum absolute atomic E-state index is 0.297. The lowest BCUT2D eigenvalue weighted by atomic mass is 10.1. The zero-order valence-electron chi connectivity index (χ0n) is 16.7. The molecule has 0 aliphatic heterocycles. The second-order valence-corrected chi connectivity index (χ2v) is 7.25. The number of aromatic nitrogens is 2. The number of carbonyl (C=O) groups excluding carboxylic acids is 1. The van der Waals surface area contributed by atoms with Crippen molar-refractivity contribution in [2.24, 2.45) is 0 Å². The molecule has 2 N–H and O–H groups in total. The highest BCUT2D eigenvalue weighted by Crippen LogP contribution is 2.39. The van der Waals surface area contributed by atoms with Crippen molar-refractivity contribution in [3.05, 3.63) is 59.7 Å². The van der Waals surface area contributed by atoms with Gasteiger partial charge in [0.2, 0.25) is 0 Å². The maximum atomic E-state index is 12.0. The zero-order valence-corrected chi connectivity index (χ0v) is 16.7. The molecular weight excluding hydrogens is 366 g/mol. The number of rotatable bonds is 7. The third-order valence-electron chi connectivity index (χ3n) is 4.94. The number of carbonyl (C=O) groups is 1. The number of aromatic amines is 1. The summed E-state index contributed by atoms with van der Waals surface area (Å²) in [6.07, 6.45) is 1.04. The Kier molecular flexibility index (Phi) is 5.62. The highest BCUT2D eigenvalue weighted by Gasteiger charge is 2.24. The van der Waals surface area contributed by atoms with E-state index in [-0.39, 0.29) is 6.10 Å². The van der Waals surface area contributed by atoms with Gasteiger partial charge in [0.1, 0.15) is 6.10 Å². The van der Waals surface area contributed by atoms with Crippen molar-refractivity contribution in [2.75, 3.05) is 18.5 Å². The van der Waals surface area contributed by atoms with Gasteiger partial charge in [-0.1, -0.05) is 43.3 Å². The van der Waals surface area contributed by atoms with Gasteiger partial charge in [-0.2, -0.15) is 5.10 Å². The predicted molar refractivity (Wildman–Crippen MR) is 113 cm³/mol. The summed E-state index contributed by atoms with van der Waals surface area (Å²) < 4.78 is 10.7. The first-order chi connectivity index (χ1) is 14.2. The molecule has 0 bridgehead atoms. The van der Waals surface area contributed by atoms with Crippen LogP contribution in [0.15, 0.2) is 48.5 Å². The van der Waals surface area contributed by atoms with E-state index in [4.69, 9.17) is 9.47 Å². The number of ether oxygens (including phenoxy) is 2. The van der Waals surface area contributed by atoms with Gasteiger partial charge >= 0.3 is 6.09 Å². The molecule has 6 nitrogen and oxygen atoms in total. The molecule has 4 rings (SSSR count). The van der Waals surface area contributed by atoms with Crippen molar-refractivity contribution >= 4 is 11.8 Å². The largest absolute Gasteiger partial charge is 0.444 e. The molecule has 150 valence electrons. The maximum Gasteiger partial charge on any atom is 0.411 e. The molecule has 0 saturated heterocycles. The zero-order chi connectivity index (χ0) is 20.2. The van der Waals surface area contributed by atoms with E-state index in [2.05, 4.69) is 33.7 Å². The number of benzene rings is 2. The van der Waals surface area contributed by atoms with Gasteiger partial charge in [0, 0.05) is 35.4 Å². The third kappa shape index (κ3) is 4.17. The number of hydrogen-bond acceptors (Lipinski definition) is 4. The molecule has 1 aliphatic rings. The molecule has 1 aliphatic carbocycles. The second kappa shape index (κ2) is 8.49. The molecule has 0 saturated carbocycles. The number of anilines is 1. The molecule has 0 spiro atoms. The van der Waals surface area contributed by atoms with Crippen molar-refractivity contribution in [3.63, 3.8) is 0 Å². The molecule has 29 heavy (non-hydrogen) atoms. The van der Waals surface area contributed by atoms with Crippen molar-refractivity contribution < 1.29 is 14.3 Å². The number of nitrogens with one attached hydrogen (secondary N) is 2. The van der Waals surface area contributed by atoms with Crippen molar-refractivity contribution in [1.82, 2.24) is 10.2 Å². The summed E-state index contributed by atoms with van der Waals surface area (Å²) >= 11 is 0. The van der Waals surface area contributed by atoms with Crippen LogP contribution in [0, 0.1) is 0 Å². The van der Waals surface area contributed by atoms with E-state index in [1.54, 1.807) is 0 Å². The Morgan fingerprint density at radius 3 is 2.79 bits per heavy atom. The normalized spacial score (nSPS) is 12.9. The molecular formula is C23H25N3O3. The fraction of sp³-hybridized carbons (Fsp3) is 0.304. The van der Waals surface area contributed by atoms with E-state index >= 15 is 0 Å². The molecule has 1 atom stereocenters.